The first-order valence-corrected chi connectivity index (χ1v) is 6.32. The van der Waals surface area contributed by atoms with Gasteiger partial charge in [0.25, 0.3) is 0 Å². The van der Waals surface area contributed by atoms with Gasteiger partial charge in [0.1, 0.15) is 12.2 Å². The van der Waals surface area contributed by atoms with Crippen LogP contribution in [-0.2, 0) is 22.7 Å². The van der Waals surface area contributed by atoms with Crippen LogP contribution in [0.3, 0.4) is 0 Å². The van der Waals surface area contributed by atoms with Crippen LogP contribution in [0.25, 0.3) is 0 Å². The normalized spacial score (nSPS) is 14.2. The van der Waals surface area contributed by atoms with Gasteiger partial charge in [-0.25, -0.2) is 0 Å². The Morgan fingerprint density at radius 2 is 1.55 bits per heavy atom. The first-order valence-electron chi connectivity index (χ1n) is 6.32. The van der Waals surface area contributed by atoms with Crippen molar-refractivity contribution in [1.29, 1.82) is 0 Å². The minimum Gasteiger partial charge on any atom is -0.394 e. The van der Waals surface area contributed by atoms with Gasteiger partial charge in [0.15, 0.2) is 0 Å². The number of pyridine rings is 1. The predicted molar refractivity (Wildman–Crippen MR) is 69.7 cm³/mol. The first kappa shape index (κ1) is 17.0. The summed E-state index contributed by atoms with van der Waals surface area (Å²) in [5, 5.41) is 35.4. The van der Waals surface area contributed by atoms with Gasteiger partial charge in [-0.2, -0.15) is 0 Å². The second kappa shape index (κ2) is 9.76. The highest BCUT2D eigenvalue weighted by Gasteiger charge is 2.04. The molecular formula is C13H21NO6. The number of ether oxygens (including phenoxy) is 2. The molecule has 2 atom stereocenters. The summed E-state index contributed by atoms with van der Waals surface area (Å²) >= 11 is 0. The number of hydrogen-bond donors (Lipinski definition) is 4. The van der Waals surface area contributed by atoms with Crippen molar-refractivity contribution >= 4 is 0 Å². The zero-order chi connectivity index (χ0) is 14.8. The fraction of sp³-hybridized carbons (Fsp3) is 0.615. The topological polar surface area (TPSA) is 112 Å². The molecule has 114 valence electrons. The molecule has 0 amide bonds. The molecule has 0 saturated carbocycles. The van der Waals surface area contributed by atoms with E-state index in [1.54, 1.807) is 12.3 Å². The van der Waals surface area contributed by atoms with Crippen molar-refractivity contribution in [1.82, 2.24) is 4.98 Å². The Kier molecular flexibility index (Phi) is 8.28. The maximum atomic E-state index is 9.10. The molecule has 0 radical (unpaired) electrons. The minimum atomic E-state index is -0.874. The van der Waals surface area contributed by atoms with Gasteiger partial charge >= 0.3 is 0 Å². The van der Waals surface area contributed by atoms with Crippen molar-refractivity contribution in [3.05, 3.63) is 29.6 Å². The summed E-state index contributed by atoms with van der Waals surface area (Å²) in [6.07, 6.45) is -0.110. The molecule has 2 unspecified atom stereocenters. The lowest BCUT2D eigenvalue weighted by atomic mass is 10.2. The molecule has 7 nitrogen and oxygen atoms in total. The van der Waals surface area contributed by atoms with E-state index in [4.69, 9.17) is 29.9 Å². The third kappa shape index (κ3) is 6.90. The van der Waals surface area contributed by atoms with E-state index in [1.165, 1.54) is 0 Å². The van der Waals surface area contributed by atoms with Crippen molar-refractivity contribution < 1.29 is 29.9 Å². The van der Waals surface area contributed by atoms with E-state index in [9.17, 15) is 0 Å². The van der Waals surface area contributed by atoms with E-state index < -0.39 is 12.2 Å². The van der Waals surface area contributed by atoms with E-state index in [2.05, 4.69) is 4.98 Å². The number of rotatable bonds is 10. The molecule has 0 aliphatic heterocycles. The van der Waals surface area contributed by atoms with Crippen molar-refractivity contribution in [3.63, 3.8) is 0 Å². The van der Waals surface area contributed by atoms with Crippen LogP contribution in [0.4, 0.5) is 0 Å². The molecule has 1 rings (SSSR count). The van der Waals surface area contributed by atoms with Gasteiger partial charge in [-0.15, -0.1) is 0 Å². The summed E-state index contributed by atoms with van der Waals surface area (Å²) in [4.78, 5) is 4.16. The van der Waals surface area contributed by atoms with Gasteiger partial charge in [0.05, 0.1) is 45.3 Å². The molecule has 1 heterocycles. The van der Waals surface area contributed by atoms with Crippen LogP contribution in [0.2, 0.25) is 0 Å². The minimum absolute atomic E-state index is 0.0576. The van der Waals surface area contributed by atoms with E-state index in [-0.39, 0.29) is 33.0 Å². The highest BCUT2D eigenvalue weighted by Crippen LogP contribution is 2.04. The molecule has 20 heavy (non-hydrogen) atoms. The second-order valence-electron chi connectivity index (χ2n) is 4.36. The van der Waals surface area contributed by atoms with Crippen LogP contribution < -0.4 is 0 Å². The van der Waals surface area contributed by atoms with Gasteiger partial charge in [0, 0.05) is 6.20 Å². The molecule has 1 aromatic heterocycles. The SMILES string of the molecule is OCC(O)COCc1ccc(COCC(O)CO)nc1. The fourth-order valence-electron chi connectivity index (χ4n) is 1.34. The largest absolute Gasteiger partial charge is 0.394 e. The van der Waals surface area contributed by atoms with Crippen molar-refractivity contribution in [2.24, 2.45) is 0 Å². The Hall–Kier alpha value is -1.09. The lowest BCUT2D eigenvalue weighted by Crippen LogP contribution is -2.19. The third-order valence-electron chi connectivity index (χ3n) is 2.45. The molecule has 1 aromatic rings. The Morgan fingerprint density at radius 3 is 2.05 bits per heavy atom. The van der Waals surface area contributed by atoms with Crippen LogP contribution in [0.5, 0.6) is 0 Å². The number of aliphatic hydroxyl groups is 4. The van der Waals surface area contributed by atoms with Gasteiger partial charge in [-0.3, -0.25) is 4.98 Å². The average Bonchev–Trinajstić information content (AvgIpc) is 2.48. The maximum absolute atomic E-state index is 9.10. The third-order valence-corrected chi connectivity index (χ3v) is 2.45. The van der Waals surface area contributed by atoms with Crippen LogP contribution in [-0.4, -0.2) is 64.0 Å². The van der Waals surface area contributed by atoms with Gasteiger partial charge in [-0.05, 0) is 11.6 Å². The van der Waals surface area contributed by atoms with Gasteiger partial charge < -0.3 is 29.9 Å². The molecule has 0 saturated heterocycles. The summed E-state index contributed by atoms with van der Waals surface area (Å²) in [5.74, 6) is 0. The smallest absolute Gasteiger partial charge is 0.100 e. The summed E-state index contributed by atoms with van der Waals surface area (Å²) in [5.41, 5.74) is 1.54. The molecule has 0 aliphatic carbocycles. The van der Waals surface area contributed by atoms with Crippen LogP contribution in [0.15, 0.2) is 18.3 Å². The highest BCUT2D eigenvalue weighted by atomic mass is 16.5. The summed E-state index contributed by atoms with van der Waals surface area (Å²) in [7, 11) is 0. The highest BCUT2D eigenvalue weighted by molar-refractivity contribution is 5.12. The molecule has 4 N–H and O–H groups in total. The Bertz CT molecular complexity index is 323. The van der Waals surface area contributed by atoms with E-state index in [0.29, 0.717) is 12.3 Å². The molecule has 0 fully saturated rings. The lowest BCUT2D eigenvalue weighted by Gasteiger charge is -2.09. The van der Waals surface area contributed by atoms with Crippen molar-refractivity contribution in [2.45, 2.75) is 25.4 Å². The van der Waals surface area contributed by atoms with E-state index in [1.807, 2.05) is 6.07 Å². The van der Waals surface area contributed by atoms with Gasteiger partial charge in [-0.1, -0.05) is 6.07 Å². The Labute approximate surface area is 117 Å². The van der Waals surface area contributed by atoms with Crippen LogP contribution in [0.1, 0.15) is 11.3 Å². The van der Waals surface area contributed by atoms with Gasteiger partial charge in [0.2, 0.25) is 0 Å². The fourth-order valence-corrected chi connectivity index (χ4v) is 1.34. The zero-order valence-electron chi connectivity index (χ0n) is 11.2. The predicted octanol–water partition coefficient (Wildman–Crippen LogP) is -1.18. The molecule has 7 heteroatoms. The monoisotopic (exact) mass is 287 g/mol. The summed E-state index contributed by atoms with van der Waals surface area (Å²) < 4.78 is 10.4. The molecular weight excluding hydrogens is 266 g/mol. The van der Waals surface area contributed by atoms with Crippen LogP contribution in [0, 0.1) is 0 Å². The molecule has 0 aromatic carbocycles. The number of aromatic nitrogens is 1. The lowest BCUT2D eigenvalue weighted by molar-refractivity contribution is -0.00142. The Balaban J connectivity index is 2.26. The average molecular weight is 287 g/mol. The number of hydrogen-bond acceptors (Lipinski definition) is 7. The maximum Gasteiger partial charge on any atom is 0.100 e. The number of aliphatic hydroxyl groups excluding tert-OH is 4. The number of nitrogens with zero attached hydrogens (tertiary/aromatic N) is 1. The zero-order valence-corrected chi connectivity index (χ0v) is 11.2. The first-order chi connectivity index (χ1) is 9.65. The van der Waals surface area contributed by atoms with Crippen LogP contribution >= 0.6 is 0 Å². The standard InChI is InChI=1S/C13H21NO6/c15-4-12(17)8-19-6-10-1-2-11(14-3-10)7-20-9-13(18)5-16/h1-3,12-13,15-18H,4-9H2. The molecule has 0 aliphatic rings. The van der Waals surface area contributed by atoms with E-state index in [0.717, 1.165) is 5.56 Å². The second-order valence-corrected chi connectivity index (χ2v) is 4.36. The summed E-state index contributed by atoms with van der Waals surface area (Å²) in [6, 6.07) is 3.59. The van der Waals surface area contributed by atoms with E-state index >= 15 is 0 Å². The summed E-state index contributed by atoms with van der Waals surface area (Å²) in [6.45, 7) is 0.0238. The molecule has 0 bridgehead atoms. The quantitative estimate of drug-likeness (QED) is 0.428. The van der Waals surface area contributed by atoms with Crippen molar-refractivity contribution in [3.8, 4) is 0 Å². The van der Waals surface area contributed by atoms with Crippen molar-refractivity contribution in [2.75, 3.05) is 26.4 Å². The molecule has 0 spiro atoms. The Morgan fingerprint density at radius 1 is 0.950 bits per heavy atom.